The number of rotatable bonds is 15. The zero-order valence-electron chi connectivity index (χ0n) is 30.3. The van der Waals surface area contributed by atoms with Gasteiger partial charge in [0.2, 0.25) is 0 Å². The van der Waals surface area contributed by atoms with E-state index in [1.807, 2.05) is 13.0 Å². The minimum absolute atomic E-state index is 0.00669. The fourth-order valence-electron chi connectivity index (χ4n) is 5.10. The summed E-state index contributed by atoms with van der Waals surface area (Å²) in [6.07, 6.45) is -2.32. The number of azo groups is 1. The number of aromatic nitrogens is 1. The topological polar surface area (TPSA) is 132 Å². The molecular formula is C41H39F3N4O6. The number of nitrogens with zero attached hydrogens (tertiary/aromatic N) is 4. The van der Waals surface area contributed by atoms with Crippen LogP contribution in [0.5, 0.6) is 11.5 Å². The summed E-state index contributed by atoms with van der Waals surface area (Å²) in [5.74, 6) is 5.89. The highest BCUT2D eigenvalue weighted by atomic mass is 19.4. The molecule has 0 aliphatic rings. The van der Waals surface area contributed by atoms with Gasteiger partial charge in [-0.05, 0) is 119 Å². The molecule has 0 spiro atoms. The molecule has 0 aliphatic heterocycles. The van der Waals surface area contributed by atoms with Crippen LogP contribution in [-0.4, -0.2) is 43.4 Å². The van der Waals surface area contributed by atoms with E-state index in [0.717, 1.165) is 12.1 Å². The summed E-state index contributed by atoms with van der Waals surface area (Å²) in [5, 5.41) is 17.1. The molecule has 280 valence electrons. The zero-order chi connectivity index (χ0) is 39.2. The van der Waals surface area contributed by atoms with E-state index in [4.69, 9.17) is 24.2 Å². The average molecular weight is 741 g/mol. The summed E-state index contributed by atoms with van der Waals surface area (Å²) < 4.78 is 60.7. The molecular weight excluding hydrogens is 701 g/mol. The predicted molar refractivity (Wildman–Crippen MR) is 193 cm³/mol. The molecule has 54 heavy (non-hydrogen) atoms. The van der Waals surface area contributed by atoms with Crippen molar-refractivity contribution < 1.29 is 41.7 Å². The van der Waals surface area contributed by atoms with Gasteiger partial charge >= 0.3 is 18.1 Å². The van der Waals surface area contributed by atoms with Crippen molar-refractivity contribution in [3.63, 3.8) is 0 Å². The number of ether oxygens (including phenoxy) is 4. The van der Waals surface area contributed by atoms with Crippen molar-refractivity contribution in [2.45, 2.75) is 46.7 Å². The summed E-state index contributed by atoms with van der Waals surface area (Å²) in [5.41, 5.74) is -0.193. The van der Waals surface area contributed by atoms with Crippen molar-refractivity contribution in [3.8, 4) is 29.4 Å². The molecule has 3 aromatic carbocycles. The van der Waals surface area contributed by atoms with Gasteiger partial charge in [0.15, 0.2) is 0 Å². The molecule has 1 unspecified atom stereocenters. The Hall–Kier alpha value is -6.21. The number of halogens is 3. The Morgan fingerprint density at radius 3 is 1.70 bits per heavy atom. The lowest BCUT2D eigenvalue weighted by Crippen LogP contribution is -2.39. The van der Waals surface area contributed by atoms with Crippen molar-refractivity contribution in [2.24, 2.45) is 21.1 Å². The first-order valence-electron chi connectivity index (χ1n) is 17.0. The van der Waals surface area contributed by atoms with Crippen molar-refractivity contribution in [2.75, 3.05) is 26.4 Å². The van der Waals surface area contributed by atoms with Gasteiger partial charge in [-0.15, -0.1) is 5.11 Å². The first-order valence-corrected chi connectivity index (χ1v) is 17.0. The number of pyridine rings is 1. The van der Waals surface area contributed by atoms with Gasteiger partial charge in [0.05, 0.1) is 28.3 Å². The fraction of sp³-hybridized carbons (Fsp3) is 0.317. The van der Waals surface area contributed by atoms with Crippen molar-refractivity contribution >= 4 is 23.3 Å². The van der Waals surface area contributed by atoms with Gasteiger partial charge in [0.25, 0.3) is 0 Å². The van der Waals surface area contributed by atoms with Crippen LogP contribution < -0.4 is 9.47 Å². The van der Waals surface area contributed by atoms with Crippen LogP contribution in [0.1, 0.15) is 62.9 Å². The molecule has 10 nitrogen and oxygen atoms in total. The number of nitriles is 1. The maximum absolute atomic E-state index is 13.1. The third-order valence-corrected chi connectivity index (χ3v) is 8.23. The second-order valence-corrected chi connectivity index (χ2v) is 13.0. The molecule has 1 aromatic heterocycles. The van der Waals surface area contributed by atoms with Crippen LogP contribution in [0.25, 0.3) is 0 Å². The SMILES string of the molecule is CCC(C)(CC(C)(C)C(=O)OCCOc1ccc(N=Nc2ccc(C#N)nc2)cc1)C(=O)OCCOc1ccc(C#Cc2ccc(C(F)(F)F)cc2)cc1. The molecule has 0 bridgehead atoms. The Balaban J connectivity index is 1.16. The van der Waals surface area contributed by atoms with Crippen LogP contribution in [0.4, 0.5) is 24.5 Å². The zero-order valence-corrected chi connectivity index (χ0v) is 30.3. The Kier molecular flexibility index (Phi) is 13.9. The first-order chi connectivity index (χ1) is 25.7. The van der Waals surface area contributed by atoms with E-state index in [0.29, 0.717) is 46.1 Å². The van der Waals surface area contributed by atoms with E-state index < -0.39 is 34.5 Å². The van der Waals surface area contributed by atoms with E-state index in [1.54, 1.807) is 81.4 Å². The highest BCUT2D eigenvalue weighted by molar-refractivity contribution is 5.80. The van der Waals surface area contributed by atoms with Gasteiger partial charge in [-0.25, -0.2) is 4.98 Å². The number of carbonyl (C=O) groups is 2. The third-order valence-electron chi connectivity index (χ3n) is 8.23. The number of benzene rings is 3. The summed E-state index contributed by atoms with van der Waals surface area (Å²) in [6.45, 7) is 7.26. The Morgan fingerprint density at radius 1 is 0.704 bits per heavy atom. The quantitative estimate of drug-likeness (QED) is 0.0510. The maximum Gasteiger partial charge on any atom is 0.416 e. The number of hydrogen-bond acceptors (Lipinski definition) is 10. The molecule has 0 amide bonds. The Morgan fingerprint density at radius 2 is 1.20 bits per heavy atom. The Bertz CT molecular complexity index is 2000. The first kappa shape index (κ1) is 40.6. The summed E-state index contributed by atoms with van der Waals surface area (Å²) in [7, 11) is 0. The second kappa shape index (κ2) is 18.5. The normalized spacial score (nSPS) is 12.5. The number of alkyl halides is 3. The lowest BCUT2D eigenvalue weighted by Gasteiger charge is -2.33. The second-order valence-electron chi connectivity index (χ2n) is 13.0. The lowest BCUT2D eigenvalue weighted by atomic mass is 9.72. The minimum Gasteiger partial charge on any atom is -0.490 e. The van der Waals surface area contributed by atoms with E-state index in [9.17, 15) is 22.8 Å². The smallest absolute Gasteiger partial charge is 0.416 e. The van der Waals surface area contributed by atoms with Crippen LogP contribution in [0.2, 0.25) is 0 Å². The van der Waals surface area contributed by atoms with E-state index in [-0.39, 0.29) is 32.8 Å². The third kappa shape index (κ3) is 12.2. The van der Waals surface area contributed by atoms with Crippen LogP contribution in [-0.2, 0) is 25.2 Å². The molecule has 4 aromatic rings. The lowest BCUT2D eigenvalue weighted by molar-refractivity contribution is -0.164. The van der Waals surface area contributed by atoms with Gasteiger partial charge in [-0.3, -0.25) is 9.59 Å². The molecule has 0 N–H and O–H groups in total. The predicted octanol–water partition coefficient (Wildman–Crippen LogP) is 9.16. The molecule has 0 fully saturated rings. The molecule has 13 heteroatoms. The van der Waals surface area contributed by atoms with Gasteiger partial charge in [0.1, 0.15) is 55.4 Å². The Labute approximate surface area is 312 Å². The van der Waals surface area contributed by atoms with Crippen molar-refractivity contribution in [1.82, 2.24) is 4.98 Å². The molecule has 0 saturated carbocycles. The highest BCUT2D eigenvalue weighted by Crippen LogP contribution is 2.38. The van der Waals surface area contributed by atoms with Crippen LogP contribution >= 0.6 is 0 Å². The maximum atomic E-state index is 13.1. The van der Waals surface area contributed by atoms with Crippen molar-refractivity contribution in [1.29, 1.82) is 5.26 Å². The van der Waals surface area contributed by atoms with Gasteiger partial charge in [0, 0.05) is 11.1 Å². The van der Waals surface area contributed by atoms with E-state index >= 15 is 0 Å². The molecule has 0 saturated heterocycles. The summed E-state index contributed by atoms with van der Waals surface area (Å²) >= 11 is 0. The minimum atomic E-state index is -4.40. The molecule has 0 aliphatic carbocycles. The van der Waals surface area contributed by atoms with Crippen molar-refractivity contribution in [3.05, 3.63) is 114 Å². The van der Waals surface area contributed by atoms with E-state index in [1.165, 1.54) is 18.3 Å². The molecule has 0 radical (unpaired) electrons. The van der Waals surface area contributed by atoms with Gasteiger partial charge in [-0.2, -0.15) is 23.5 Å². The molecule has 1 atom stereocenters. The van der Waals surface area contributed by atoms with Gasteiger partial charge < -0.3 is 18.9 Å². The summed E-state index contributed by atoms with van der Waals surface area (Å²) in [6, 6.07) is 23.4. The van der Waals surface area contributed by atoms with Crippen LogP contribution in [0.3, 0.4) is 0 Å². The monoisotopic (exact) mass is 740 g/mol. The van der Waals surface area contributed by atoms with Crippen LogP contribution in [0.15, 0.2) is 101 Å². The molecule has 1 heterocycles. The highest BCUT2D eigenvalue weighted by Gasteiger charge is 2.43. The average Bonchev–Trinajstić information content (AvgIpc) is 3.17. The number of esters is 2. The summed E-state index contributed by atoms with van der Waals surface area (Å²) in [4.78, 5) is 30.1. The number of hydrogen-bond donors (Lipinski definition) is 0. The molecule has 4 rings (SSSR count). The fourth-order valence-corrected chi connectivity index (χ4v) is 5.10. The van der Waals surface area contributed by atoms with Gasteiger partial charge in [-0.1, -0.05) is 18.8 Å². The standard InChI is InChI=1S/C41H39F3N4O6/c1-5-40(4,38(50)54-25-23-51-35-18-10-30(11-19-35)7-6-29-8-12-31(13-9-29)41(42,43)44)28-39(2,3)37(49)53-24-22-52-36-20-16-32(17-21-36)47-48-34-15-14-33(26-45)46-27-34/h8-21,27H,5,22-25,28H2,1-4H3. The van der Waals surface area contributed by atoms with E-state index in [2.05, 4.69) is 27.1 Å². The van der Waals surface area contributed by atoms with Crippen LogP contribution in [0, 0.1) is 34.0 Å². The number of carbonyl (C=O) groups excluding carboxylic acids is 2. The largest absolute Gasteiger partial charge is 0.490 e.